The Morgan fingerprint density at radius 3 is 2.29 bits per heavy atom. The standard InChI is InChI=1S/C22H31F3N8O/c1-15-27-29-18(32(15)6)13-31(5)20-30-28-17(11-21(2,3)4)33(20)10-9-16-7-8-19(26-12-16)34-14-22(23,24)25/h7-8,12H,9-11,13-14H2,1-6H3. The molecule has 12 heteroatoms. The first kappa shape index (κ1) is 25.4. The lowest BCUT2D eigenvalue weighted by Gasteiger charge is -2.22. The number of alkyl halides is 3. The van der Waals surface area contributed by atoms with Gasteiger partial charge in [-0.1, -0.05) is 26.8 Å². The van der Waals surface area contributed by atoms with Crippen LogP contribution in [0.25, 0.3) is 0 Å². The molecule has 0 atom stereocenters. The molecule has 0 bridgehead atoms. The van der Waals surface area contributed by atoms with Gasteiger partial charge in [0.15, 0.2) is 12.4 Å². The van der Waals surface area contributed by atoms with Gasteiger partial charge in [-0.25, -0.2) is 4.98 Å². The van der Waals surface area contributed by atoms with E-state index in [0.29, 0.717) is 25.5 Å². The lowest BCUT2D eigenvalue weighted by Crippen LogP contribution is -2.24. The number of aromatic nitrogens is 7. The molecule has 0 aromatic carbocycles. The molecular weight excluding hydrogens is 449 g/mol. The van der Waals surface area contributed by atoms with E-state index in [-0.39, 0.29) is 11.3 Å². The minimum absolute atomic E-state index is 0.0142. The molecule has 0 unspecified atom stereocenters. The fourth-order valence-corrected chi connectivity index (χ4v) is 3.35. The molecule has 9 nitrogen and oxygen atoms in total. The highest BCUT2D eigenvalue weighted by Crippen LogP contribution is 2.24. The average Bonchev–Trinajstić information content (AvgIpc) is 3.27. The summed E-state index contributed by atoms with van der Waals surface area (Å²) in [4.78, 5) is 5.98. The number of hydrogen-bond donors (Lipinski definition) is 0. The third-order valence-corrected chi connectivity index (χ3v) is 5.20. The topological polar surface area (TPSA) is 86.8 Å². The maximum atomic E-state index is 12.3. The molecule has 3 aromatic rings. The maximum absolute atomic E-state index is 12.3. The van der Waals surface area contributed by atoms with Crippen molar-refractivity contribution in [1.29, 1.82) is 0 Å². The number of pyridine rings is 1. The summed E-state index contributed by atoms with van der Waals surface area (Å²) < 4.78 is 45.7. The SMILES string of the molecule is Cc1nnc(CN(C)c2nnc(CC(C)(C)C)n2CCc2ccc(OCC(F)(F)F)nc2)n1C. The smallest absolute Gasteiger partial charge is 0.422 e. The number of nitrogens with zero attached hydrogens (tertiary/aromatic N) is 8. The number of aryl methyl sites for hydroxylation is 2. The van der Waals surface area contributed by atoms with Gasteiger partial charge in [-0.2, -0.15) is 13.2 Å². The number of ether oxygens (including phenoxy) is 1. The second-order valence-electron chi connectivity index (χ2n) is 9.54. The lowest BCUT2D eigenvalue weighted by atomic mass is 9.92. The van der Waals surface area contributed by atoms with Crippen molar-refractivity contribution in [3.8, 4) is 5.88 Å². The van der Waals surface area contributed by atoms with Crippen molar-refractivity contribution < 1.29 is 17.9 Å². The fraction of sp³-hybridized carbons (Fsp3) is 0.591. The van der Waals surface area contributed by atoms with Crippen LogP contribution < -0.4 is 9.64 Å². The quantitative estimate of drug-likeness (QED) is 0.463. The third-order valence-electron chi connectivity index (χ3n) is 5.20. The molecule has 0 fully saturated rings. The van der Waals surface area contributed by atoms with Gasteiger partial charge in [-0.05, 0) is 24.3 Å². The molecule has 0 radical (unpaired) electrons. The molecule has 0 spiro atoms. The molecule has 3 heterocycles. The van der Waals surface area contributed by atoms with Crippen molar-refractivity contribution in [2.45, 2.75) is 59.8 Å². The minimum atomic E-state index is -4.40. The van der Waals surface area contributed by atoms with E-state index in [1.807, 2.05) is 30.5 Å². The Hall–Kier alpha value is -3.18. The summed E-state index contributed by atoms with van der Waals surface area (Å²) >= 11 is 0. The molecule has 3 rings (SSSR count). The van der Waals surface area contributed by atoms with Crippen LogP contribution in [0.1, 0.15) is 43.8 Å². The molecule has 0 N–H and O–H groups in total. The predicted molar refractivity (Wildman–Crippen MR) is 121 cm³/mol. The van der Waals surface area contributed by atoms with Gasteiger partial charge >= 0.3 is 6.18 Å². The van der Waals surface area contributed by atoms with Gasteiger partial charge in [0.1, 0.15) is 11.6 Å². The summed E-state index contributed by atoms with van der Waals surface area (Å²) in [6.07, 6.45) is -1.53. The normalized spacial score (nSPS) is 12.3. The fourth-order valence-electron chi connectivity index (χ4n) is 3.35. The first-order valence-electron chi connectivity index (χ1n) is 10.9. The van der Waals surface area contributed by atoms with Crippen LogP contribution in [-0.4, -0.2) is 54.3 Å². The van der Waals surface area contributed by atoms with Crippen molar-refractivity contribution in [3.63, 3.8) is 0 Å². The molecule has 0 saturated heterocycles. The number of rotatable bonds is 9. The van der Waals surface area contributed by atoms with Crippen molar-refractivity contribution in [2.75, 3.05) is 18.6 Å². The van der Waals surface area contributed by atoms with Crippen LogP contribution in [0.5, 0.6) is 5.88 Å². The van der Waals surface area contributed by atoms with E-state index in [9.17, 15) is 13.2 Å². The summed E-state index contributed by atoms with van der Waals surface area (Å²) in [5, 5.41) is 17.2. The Balaban J connectivity index is 1.76. The third kappa shape index (κ3) is 6.91. The summed E-state index contributed by atoms with van der Waals surface area (Å²) in [6, 6.07) is 3.17. The summed E-state index contributed by atoms with van der Waals surface area (Å²) in [5.74, 6) is 3.15. The zero-order chi connectivity index (χ0) is 25.1. The molecule has 0 aliphatic heterocycles. The van der Waals surface area contributed by atoms with E-state index in [0.717, 1.165) is 29.5 Å². The van der Waals surface area contributed by atoms with Gasteiger partial charge in [-0.15, -0.1) is 20.4 Å². The highest BCUT2D eigenvalue weighted by Gasteiger charge is 2.28. The summed E-state index contributed by atoms with van der Waals surface area (Å²) in [7, 11) is 3.85. The van der Waals surface area contributed by atoms with Gasteiger partial charge in [0.2, 0.25) is 11.8 Å². The highest BCUT2D eigenvalue weighted by atomic mass is 19.4. The molecule has 0 aliphatic carbocycles. The van der Waals surface area contributed by atoms with E-state index in [2.05, 4.69) is 55.5 Å². The summed E-state index contributed by atoms with van der Waals surface area (Å²) in [6.45, 7) is 8.05. The first-order valence-corrected chi connectivity index (χ1v) is 10.9. The van der Waals surface area contributed by atoms with Gasteiger partial charge < -0.3 is 14.2 Å². The van der Waals surface area contributed by atoms with E-state index < -0.39 is 12.8 Å². The van der Waals surface area contributed by atoms with E-state index >= 15 is 0 Å². The van der Waals surface area contributed by atoms with Gasteiger partial charge in [0.25, 0.3) is 0 Å². The van der Waals surface area contributed by atoms with E-state index in [1.165, 1.54) is 12.3 Å². The van der Waals surface area contributed by atoms with Crippen molar-refractivity contribution in [1.82, 2.24) is 34.5 Å². The Kier molecular flexibility index (Phi) is 7.47. The van der Waals surface area contributed by atoms with Gasteiger partial charge in [-0.3, -0.25) is 4.57 Å². The predicted octanol–water partition coefficient (Wildman–Crippen LogP) is 3.52. The van der Waals surface area contributed by atoms with Crippen LogP contribution >= 0.6 is 0 Å². The van der Waals surface area contributed by atoms with Crippen LogP contribution in [0.3, 0.4) is 0 Å². The molecule has 0 aliphatic rings. The van der Waals surface area contributed by atoms with Crippen LogP contribution in [0, 0.1) is 12.3 Å². The van der Waals surface area contributed by atoms with Crippen LogP contribution in [0.4, 0.5) is 19.1 Å². The molecule has 3 aromatic heterocycles. The second-order valence-corrected chi connectivity index (χ2v) is 9.54. The molecule has 0 amide bonds. The Bertz CT molecular complexity index is 1080. The largest absolute Gasteiger partial charge is 0.468 e. The second kappa shape index (κ2) is 9.98. The Morgan fingerprint density at radius 2 is 1.74 bits per heavy atom. The van der Waals surface area contributed by atoms with Gasteiger partial charge in [0.05, 0.1) is 6.54 Å². The number of hydrogen-bond acceptors (Lipinski definition) is 7. The molecule has 186 valence electrons. The Morgan fingerprint density at radius 1 is 1.03 bits per heavy atom. The monoisotopic (exact) mass is 480 g/mol. The van der Waals surface area contributed by atoms with E-state index in [4.69, 9.17) is 0 Å². The van der Waals surface area contributed by atoms with Crippen LogP contribution in [0.2, 0.25) is 0 Å². The summed E-state index contributed by atoms with van der Waals surface area (Å²) in [5.41, 5.74) is 0.882. The van der Waals surface area contributed by atoms with Crippen molar-refractivity contribution in [3.05, 3.63) is 41.4 Å². The zero-order valence-electron chi connectivity index (χ0n) is 20.4. The lowest BCUT2D eigenvalue weighted by molar-refractivity contribution is -0.154. The van der Waals surface area contributed by atoms with Crippen LogP contribution in [0.15, 0.2) is 18.3 Å². The van der Waals surface area contributed by atoms with E-state index in [1.54, 1.807) is 6.07 Å². The number of halogens is 3. The molecular formula is C22H31F3N8O. The first-order chi connectivity index (χ1) is 15.8. The Labute approximate surface area is 197 Å². The maximum Gasteiger partial charge on any atom is 0.422 e. The van der Waals surface area contributed by atoms with Crippen molar-refractivity contribution in [2.24, 2.45) is 12.5 Å². The average molecular weight is 481 g/mol. The zero-order valence-corrected chi connectivity index (χ0v) is 20.4. The number of anilines is 1. The molecule has 34 heavy (non-hydrogen) atoms. The minimum Gasteiger partial charge on any atom is -0.468 e. The van der Waals surface area contributed by atoms with Gasteiger partial charge in [0, 0.05) is 39.3 Å². The molecule has 0 saturated carbocycles. The van der Waals surface area contributed by atoms with Crippen molar-refractivity contribution >= 4 is 5.95 Å². The highest BCUT2D eigenvalue weighted by molar-refractivity contribution is 5.31. The van der Waals surface area contributed by atoms with Crippen LogP contribution in [-0.2, 0) is 33.0 Å².